The molecule has 1 aliphatic heterocycles. The number of nitriles is 1. The summed E-state index contributed by atoms with van der Waals surface area (Å²) >= 11 is 0. The third kappa shape index (κ3) is 6.67. The number of nitrogens with zero attached hydrogens (tertiary/aromatic N) is 4. The van der Waals surface area contributed by atoms with Gasteiger partial charge in [-0.15, -0.1) is 0 Å². The summed E-state index contributed by atoms with van der Waals surface area (Å²) in [5.41, 5.74) is 3.12. The molecule has 39 heavy (non-hydrogen) atoms. The third-order valence-electron chi connectivity index (χ3n) is 7.66. The summed E-state index contributed by atoms with van der Waals surface area (Å²) in [6.45, 7) is 6.03. The highest BCUT2D eigenvalue weighted by Gasteiger charge is 2.43. The van der Waals surface area contributed by atoms with Crippen LogP contribution in [0.1, 0.15) is 60.4 Å². The van der Waals surface area contributed by atoms with Crippen molar-refractivity contribution in [3.8, 4) is 6.07 Å². The molecule has 2 N–H and O–H groups in total. The first-order chi connectivity index (χ1) is 18.5. The fourth-order valence-electron chi connectivity index (χ4n) is 5.56. The van der Waals surface area contributed by atoms with Crippen LogP contribution in [0.5, 0.6) is 0 Å². The van der Waals surface area contributed by atoms with Crippen LogP contribution in [0, 0.1) is 23.7 Å². The number of sulfonamides is 1. The summed E-state index contributed by atoms with van der Waals surface area (Å²) in [5.74, 6) is 0.0886. The molecule has 1 atom stereocenters. The van der Waals surface area contributed by atoms with Gasteiger partial charge in [0.05, 0.1) is 41.2 Å². The molecule has 0 spiro atoms. The molecular formula is C29H35N5O4S. The Morgan fingerprint density at radius 3 is 2.46 bits per heavy atom. The number of anilines is 1. The van der Waals surface area contributed by atoms with Crippen molar-refractivity contribution in [3.05, 3.63) is 82.9 Å². The molecule has 0 radical (unpaired) electrons. The van der Waals surface area contributed by atoms with Crippen LogP contribution in [0.3, 0.4) is 0 Å². The average Bonchev–Trinajstić information content (AvgIpc) is 3.24. The van der Waals surface area contributed by atoms with Gasteiger partial charge >= 0.3 is 5.97 Å². The van der Waals surface area contributed by atoms with Gasteiger partial charge < -0.3 is 9.67 Å². The molecule has 10 heteroatoms. The summed E-state index contributed by atoms with van der Waals surface area (Å²) in [4.78, 5) is 19.5. The zero-order valence-corrected chi connectivity index (χ0v) is 23.4. The molecule has 0 amide bonds. The molecule has 1 fully saturated rings. The quantitative estimate of drug-likeness (QED) is 0.385. The van der Waals surface area contributed by atoms with E-state index in [0.29, 0.717) is 50.1 Å². The van der Waals surface area contributed by atoms with E-state index in [9.17, 15) is 18.3 Å². The van der Waals surface area contributed by atoms with Crippen LogP contribution in [0.25, 0.3) is 0 Å². The van der Waals surface area contributed by atoms with Gasteiger partial charge in [-0.05, 0) is 81.1 Å². The maximum atomic E-state index is 12.6. The van der Waals surface area contributed by atoms with Gasteiger partial charge in [0.2, 0.25) is 10.0 Å². The molecule has 0 aliphatic carbocycles. The fraction of sp³-hybridized carbons (Fsp3) is 0.414. The molecule has 3 aromatic rings. The first kappa shape index (κ1) is 28.3. The lowest BCUT2D eigenvalue weighted by Crippen LogP contribution is -2.47. The number of carboxylic acid groups (broad SMARTS) is 1. The maximum Gasteiger partial charge on any atom is 0.310 e. The highest BCUT2D eigenvalue weighted by Crippen LogP contribution is 2.39. The molecule has 206 valence electrons. The zero-order chi connectivity index (χ0) is 28.2. The summed E-state index contributed by atoms with van der Waals surface area (Å²) in [5, 5.41) is 19.4. The fourth-order valence-corrected chi connectivity index (χ4v) is 6.11. The minimum absolute atomic E-state index is 0.0960. The van der Waals surface area contributed by atoms with Gasteiger partial charge in [0, 0.05) is 12.2 Å². The van der Waals surface area contributed by atoms with Crippen LogP contribution in [0.4, 0.5) is 5.69 Å². The molecule has 2 heterocycles. The Bertz CT molecular complexity index is 1470. The van der Waals surface area contributed by atoms with E-state index in [0.717, 1.165) is 35.3 Å². The van der Waals surface area contributed by atoms with E-state index in [1.165, 1.54) is 0 Å². The number of nitrogens with one attached hydrogen (secondary N) is 1. The number of aliphatic carboxylic acids is 1. The van der Waals surface area contributed by atoms with Crippen LogP contribution in [-0.2, 0) is 27.8 Å². The highest BCUT2D eigenvalue weighted by atomic mass is 32.2. The minimum atomic E-state index is -3.42. The number of hydrogen-bond acceptors (Lipinski definition) is 6. The Hall–Kier alpha value is -3.68. The molecule has 0 bridgehead atoms. The highest BCUT2D eigenvalue weighted by molar-refractivity contribution is 7.92. The van der Waals surface area contributed by atoms with Crippen LogP contribution in [0.2, 0.25) is 0 Å². The molecule has 0 saturated carbocycles. The van der Waals surface area contributed by atoms with Crippen molar-refractivity contribution in [3.63, 3.8) is 0 Å². The molecule has 4 rings (SSSR count). The number of hydrogen-bond donors (Lipinski definition) is 2. The summed E-state index contributed by atoms with van der Waals surface area (Å²) in [7, 11) is -3.42. The van der Waals surface area contributed by atoms with Crippen molar-refractivity contribution in [1.29, 1.82) is 5.26 Å². The summed E-state index contributed by atoms with van der Waals surface area (Å²) < 4.78 is 28.0. The van der Waals surface area contributed by atoms with E-state index in [1.54, 1.807) is 18.2 Å². The summed E-state index contributed by atoms with van der Waals surface area (Å²) in [6, 6.07) is 16.8. The van der Waals surface area contributed by atoms with Crippen molar-refractivity contribution in [2.75, 3.05) is 24.1 Å². The van der Waals surface area contributed by atoms with Gasteiger partial charge in [-0.25, -0.2) is 13.4 Å². The van der Waals surface area contributed by atoms with Gasteiger partial charge in [0.1, 0.15) is 5.82 Å². The number of likely N-dealkylation sites (tertiary alicyclic amines) is 1. The van der Waals surface area contributed by atoms with Gasteiger partial charge in [0.15, 0.2) is 0 Å². The van der Waals surface area contributed by atoms with Gasteiger partial charge in [-0.2, -0.15) is 5.26 Å². The minimum Gasteiger partial charge on any atom is -0.481 e. The molecule has 1 aliphatic rings. The van der Waals surface area contributed by atoms with Crippen LogP contribution in [-0.4, -0.2) is 53.3 Å². The van der Waals surface area contributed by atoms with Gasteiger partial charge in [-0.3, -0.25) is 14.4 Å². The molecule has 1 unspecified atom stereocenters. The van der Waals surface area contributed by atoms with E-state index in [-0.39, 0.29) is 6.04 Å². The monoisotopic (exact) mass is 549 g/mol. The van der Waals surface area contributed by atoms with Crippen molar-refractivity contribution in [2.45, 2.75) is 52.1 Å². The molecule has 1 aromatic heterocycles. The number of carbonyl (C=O) groups is 1. The van der Waals surface area contributed by atoms with E-state index in [1.807, 2.05) is 43.5 Å². The van der Waals surface area contributed by atoms with Gasteiger partial charge in [-0.1, -0.05) is 31.2 Å². The second-order valence-corrected chi connectivity index (χ2v) is 12.2. The van der Waals surface area contributed by atoms with Crippen molar-refractivity contribution in [1.82, 2.24) is 14.5 Å². The Morgan fingerprint density at radius 1 is 1.18 bits per heavy atom. The predicted octanol–water partition coefficient (Wildman–Crippen LogP) is 4.34. The van der Waals surface area contributed by atoms with Gasteiger partial charge in [0.25, 0.3) is 0 Å². The standard InChI is InChI=1S/C29H35N5O4S/c1-4-26(27-19-31-21(2)34(27)20-23-10-8-22(18-30)9-11-23)33-14-12-29(13-15-33,28(35)36)17-24-6-5-7-25(16-24)32-39(3,37)38/h5-11,16,19,26,32H,4,12-15,17,20H2,1-3H3,(H,35,36). The largest absolute Gasteiger partial charge is 0.481 e. The lowest BCUT2D eigenvalue weighted by molar-refractivity contribution is -0.152. The second kappa shape index (κ2) is 11.6. The Labute approximate surface area is 230 Å². The number of aryl methyl sites for hydroxylation is 1. The molecule has 9 nitrogen and oxygen atoms in total. The van der Waals surface area contributed by atoms with E-state index in [4.69, 9.17) is 5.26 Å². The number of carboxylic acids is 1. The number of benzene rings is 2. The predicted molar refractivity (Wildman–Crippen MR) is 150 cm³/mol. The van der Waals surface area contributed by atoms with Crippen molar-refractivity contribution < 1.29 is 18.3 Å². The Kier molecular flexibility index (Phi) is 8.42. The van der Waals surface area contributed by atoms with Crippen LogP contribution >= 0.6 is 0 Å². The number of rotatable bonds is 10. The number of piperidine rings is 1. The first-order valence-corrected chi connectivity index (χ1v) is 15.0. The molecule has 2 aromatic carbocycles. The van der Waals surface area contributed by atoms with E-state index >= 15 is 0 Å². The third-order valence-corrected chi connectivity index (χ3v) is 8.27. The Balaban J connectivity index is 1.50. The van der Waals surface area contributed by atoms with Crippen LogP contribution < -0.4 is 4.72 Å². The number of aromatic nitrogens is 2. The van der Waals surface area contributed by atoms with Crippen LogP contribution in [0.15, 0.2) is 54.7 Å². The van der Waals surface area contributed by atoms with E-state index in [2.05, 4.69) is 32.2 Å². The lowest BCUT2D eigenvalue weighted by atomic mass is 9.73. The normalized spacial score (nSPS) is 16.4. The molecular weight excluding hydrogens is 514 g/mol. The second-order valence-electron chi connectivity index (χ2n) is 10.4. The smallest absolute Gasteiger partial charge is 0.310 e. The maximum absolute atomic E-state index is 12.6. The topological polar surface area (TPSA) is 128 Å². The Morgan fingerprint density at radius 2 is 1.87 bits per heavy atom. The SMILES string of the molecule is CCC(c1cnc(C)n1Cc1ccc(C#N)cc1)N1CCC(Cc2cccc(NS(C)(=O)=O)c2)(C(=O)O)CC1. The van der Waals surface area contributed by atoms with Crippen molar-refractivity contribution >= 4 is 21.7 Å². The van der Waals surface area contributed by atoms with E-state index < -0.39 is 21.4 Å². The first-order valence-electron chi connectivity index (χ1n) is 13.1. The summed E-state index contributed by atoms with van der Waals surface area (Å²) in [6.07, 6.45) is 5.19. The van der Waals surface area contributed by atoms with Crippen molar-refractivity contribution in [2.24, 2.45) is 5.41 Å². The average molecular weight is 550 g/mol. The zero-order valence-electron chi connectivity index (χ0n) is 22.6. The lowest BCUT2D eigenvalue weighted by Gasteiger charge is -2.42. The molecule has 1 saturated heterocycles. The number of imidazole rings is 1.